The van der Waals surface area contributed by atoms with Gasteiger partial charge in [0.05, 0.1) is 5.54 Å². The molecule has 2 unspecified atom stereocenters. The first-order valence-electron chi connectivity index (χ1n) is 7.42. The van der Waals surface area contributed by atoms with Crippen LogP contribution in [0.1, 0.15) is 25.8 Å². The van der Waals surface area contributed by atoms with Gasteiger partial charge in [0.15, 0.2) is 0 Å². The standard InChI is InChI=1S/C16H26FN3/c1-4-15(20-11-9-19(3)10-12-20)16(2,18)13-5-7-14(17)8-6-13/h5-8,15H,4,9-12,18H2,1-3H3. The fourth-order valence-corrected chi connectivity index (χ4v) is 3.20. The van der Waals surface area contributed by atoms with E-state index in [9.17, 15) is 4.39 Å². The molecule has 2 N–H and O–H groups in total. The Balaban J connectivity index is 2.18. The minimum Gasteiger partial charge on any atom is -0.320 e. The van der Waals surface area contributed by atoms with Crippen LogP contribution in [0.15, 0.2) is 24.3 Å². The highest BCUT2D eigenvalue weighted by molar-refractivity contribution is 5.26. The van der Waals surface area contributed by atoms with Crippen LogP contribution < -0.4 is 5.73 Å². The molecule has 1 saturated heterocycles. The summed E-state index contributed by atoms with van der Waals surface area (Å²) >= 11 is 0. The Hall–Kier alpha value is -0.970. The van der Waals surface area contributed by atoms with Crippen molar-refractivity contribution in [2.75, 3.05) is 33.2 Å². The van der Waals surface area contributed by atoms with Gasteiger partial charge in [-0.3, -0.25) is 4.90 Å². The predicted molar refractivity (Wildman–Crippen MR) is 81.1 cm³/mol. The molecule has 0 saturated carbocycles. The van der Waals surface area contributed by atoms with Crippen LogP contribution in [0.2, 0.25) is 0 Å². The molecule has 1 fully saturated rings. The zero-order valence-electron chi connectivity index (χ0n) is 12.8. The Labute approximate surface area is 121 Å². The highest BCUT2D eigenvalue weighted by Crippen LogP contribution is 2.28. The smallest absolute Gasteiger partial charge is 0.123 e. The number of nitrogens with zero attached hydrogens (tertiary/aromatic N) is 2. The van der Waals surface area contributed by atoms with Gasteiger partial charge in [0.1, 0.15) is 5.82 Å². The van der Waals surface area contributed by atoms with E-state index < -0.39 is 5.54 Å². The van der Waals surface area contributed by atoms with Gasteiger partial charge in [-0.15, -0.1) is 0 Å². The summed E-state index contributed by atoms with van der Waals surface area (Å²) in [7, 11) is 2.15. The lowest BCUT2D eigenvalue weighted by atomic mass is 9.83. The molecule has 112 valence electrons. The van der Waals surface area contributed by atoms with Crippen LogP contribution in [0.3, 0.4) is 0 Å². The van der Waals surface area contributed by atoms with Gasteiger partial charge in [0, 0.05) is 32.2 Å². The van der Waals surface area contributed by atoms with Crippen LogP contribution in [0.5, 0.6) is 0 Å². The monoisotopic (exact) mass is 279 g/mol. The molecule has 1 heterocycles. The summed E-state index contributed by atoms with van der Waals surface area (Å²) in [5, 5.41) is 0. The SMILES string of the molecule is CCC(N1CCN(C)CC1)C(C)(N)c1ccc(F)cc1. The van der Waals surface area contributed by atoms with E-state index in [1.54, 1.807) is 0 Å². The molecule has 0 aliphatic carbocycles. The summed E-state index contributed by atoms with van der Waals surface area (Å²) in [4.78, 5) is 4.82. The normalized spacial score (nSPS) is 22.4. The van der Waals surface area contributed by atoms with E-state index in [1.807, 2.05) is 12.1 Å². The highest BCUT2D eigenvalue weighted by Gasteiger charge is 2.35. The first-order valence-corrected chi connectivity index (χ1v) is 7.42. The number of halogens is 1. The Bertz CT molecular complexity index is 422. The summed E-state index contributed by atoms with van der Waals surface area (Å²) in [5.74, 6) is -0.211. The second kappa shape index (κ2) is 6.20. The number of nitrogens with two attached hydrogens (primary N) is 1. The Morgan fingerprint density at radius 2 is 1.75 bits per heavy atom. The molecule has 0 amide bonds. The van der Waals surface area contributed by atoms with Crippen molar-refractivity contribution >= 4 is 0 Å². The molecule has 1 aliphatic heterocycles. The maximum atomic E-state index is 13.1. The van der Waals surface area contributed by atoms with Crippen molar-refractivity contribution in [3.63, 3.8) is 0 Å². The second-order valence-corrected chi connectivity index (χ2v) is 6.05. The third kappa shape index (κ3) is 3.19. The highest BCUT2D eigenvalue weighted by atomic mass is 19.1. The van der Waals surface area contributed by atoms with Crippen molar-refractivity contribution in [1.82, 2.24) is 9.80 Å². The minimum atomic E-state index is -0.460. The maximum absolute atomic E-state index is 13.1. The number of hydrogen-bond acceptors (Lipinski definition) is 3. The number of piperazine rings is 1. The van der Waals surface area contributed by atoms with Gasteiger partial charge in [-0.1, -0.05) is 19.1 Å². The first-order chi connectivity index (χ1) is 9.45. The summed E-state index contributed by atoms with van der Waals surface area (Å²) < 4.78 is 13.1. The van der Waals surface area contributed by atoms with E-state index in [1.165, 1.54) is 12.1 Å². The first kappa shape index (κ1) is 15.4. The Kier molecular flexibility index (Phi) is 4.78. The van der Waals surface area contributed by atoms with Gasteiger partial charge in [0.2, 0.25) is 0 Å². The average Bonchev–Trinajstić information content (AvgIpc) is 2.42. The maximum Gasteiger partial charge on any atom is 0.123 e. The molecule has 1 aromatic rings. The summed E-state index contributed by atoms with van der Waals surface area (Å²) in [6, 6.07) is 6.90. The molecule has 3 nitrogen and oxygen atoms in total. The van der Waals surface area contributed by atoms with Gasteiger partial charge < -0.3 is 10.6 Å². The number of benzene rings is 1. The molecule has 2 atom stereocenters. The lowest BCUT2D eigenvalue weighted by Gasteiger charge is -2.45. The largest absolute Gasteiger partial charge is 0.320 e. The van der Waals surface area contributed by atoms with E-state index >= 15 is 0 Å². The molecule has 0 spiro atoms. The molecule has 0 bridgehead atoms. The van der Waals surface area contributed by atoms with E-state index in [2.05, 4.69) is 30.7 Å². The Morgan fingerprint density at radius 3 is 2.25 bits per heavy atom. The molecule has 1 aliphatic rings. The van der Waals surface area contributed by atoms with Gasteiger partial charge >= 0.3 is 0 Å². The van der Waals surface area contributed by atoms with E-state index in [0.717, 1.165) is 38.2 Å². The zero-order chi connectivity index (χ0) is 14.8. The average molecular weight is 279 g/mol. The zero-order valence-corrected chi connectivity index (χ0v) is 12.8. The van der Waals surface area contributed by atoms with E-state index in [-0.39, 0.29) is 11.9 Å². The van der Waals surface area contributed by atoms with Crippen molar-refractivity contribution in [2.45, 2.75) is 31.8 Å². The van der Waals surface area contributed by atoms with Crippen molar-refractivity contribution in [1.29, 1.82) is 0 Å². The molecule has 2 rings (SSSR count). The van der Waals surface area contributed by atoms with Gasteiger partial charge in [-0.25, -0.2) is 4.39 Å². The predicted octanol–water partition coefficient (Wildman–Crippen LogP) is 2.03. The van der Waals surface area contributed by atoms with Gasteiger partial charge in [-0.2, -0.15) is 0 Å². The van der Waals surface area contributed by atoms with Crippen LogP contribution in [-0.2, 0) is 5.54 Å². The van der Waals surface area contributed by atoms with Crippen LogP contribution >= 0.6 is 0 Å². The topological polar surface area (TPSA) is 32.5 Å². The van der Waals surface area contributed by atoms with Crippen LogP contribution in [0.4, 0.5) is 4.39 Å². The third-order valence-corrected chi connectivity index (χ3v) is 4.52. The molecule has 1 aromatic carbocycles. The number of rotatable bonds is 4. The fourth-order valence-electron chi connectivity index (χ4n) is 3.20. The van der Waals surface area contributed by atoms with E-state index in [4.69, 9.17) is 5.73 Å². The minimum absolute atomic E-state index is 0.211. The van der Waals surface area contributed by atoms with Crippen LogP contribution in [0, 0.1) is 5.82 Å². The molecular weight excluding hydrogens is 253 g/mol. The molecule has 4 heteroatoms. The van der Waals surface area contributed by atoms with Crippen molar-refractivity contribution in [2.24, 2.45) is 5.73 Å². The summed E-state index contributed by atoms with van der Waals surface area (Å²) in [6.07, 6.45) is 0.994. The van der Waals surface area contributed by atoms with Crippen molar-refractivity contribution in [3.8, 4) is 0 Å². The molecule has 0 aromatic heterocycles. The molecular formula is C16H26FN3. The third-order valence-electron chi connectivity index (χ3n) is 4.52. The molecule has 20 heavy (non-hydrogen) atoms. The Morgan fingerprint density at radius 1 is 1.20 bits per heavy atom. The van der Waals surface area contributed by atoms with Crippen molar-refractivity contribution < 1.29 is 4.39 Å². The summed E-state index contributed by atoms with van der Waals surface area (Å²) in [5.41, 5.74) is 7.18. The van der Waals surface area contributed by atoms with E-state index in [0.29, 0.717) is 0 Å². The van der Waals surface area contributed by atoms with Gasteiger partial charge in [0.25, 0.3) is 0 Å². The van der Waals surface area contributed by atoms with Gasteiger partial charge in [-0.05, 0) is 38.1 Å². The number of likely N-dealkylation sites (N-methyl/N-ethyl adjacent to an activating group) is 1. The van der Waals surface area contributed by atoms with Crippen molar-refractivity contribution in [3.05, 3.63) is 35.6 Å². The van der Waals surface area contributed by atoms with Crippen LogP contribution in [-0.4, -0.2) is 49.1 Å². The lowest BCUT2D eigenvalue weighted by Crippen LogP contribution is -2.58. The second-order valence-electron chi connectivity index (χ2n) is 6.05. The lowest BCUT2D eigenvalue weighted by molar-refractivity contribution is 0.0693. The number of hydrogen-bond donors (Lipinski definition) is 1. The fraction of sp³-hybridized carbons (Fsp3) is 0.625. The van der Waals surface area contributed by atoms with Crippen LogP contribution in [0.25, 0.3) is 0 Å². The quantitative estimate of drug-likeness (QED) is 0.915. The molecule has 0 radical (unpaired) electrons. The summed E-state index contributed by atoms with van der Waals surface area (Å²) in [6.45, 7) is 8.49.